The van der Waals surface area contributed by atoms with Gasteiger partial charge in [-0.25, -0.2) is 4.79 Å². The van der Waals surface area contributed by atoms with Crippen LogP contribution in [0, 0.1) is 11.3 Å². The van der Waals surface area contributed by atoms with E-state index in [0.717, 1.165) is 25.3 Å². The zero-order chi connectivity index (χ0) is 21.4. The molecule has 156 valence electrons. The van der Waals surface area contributed by atoms with Gasteiger partial charge in [0.05, 0.1) is 6.07 Å². The molecular formula is C21H24F2N2O4. The van der Waals surface area contributed by atoms with Gasteiger partial charge in [0.1, 0.15) is 11.3 Å². The molecule has 0 aromatic heterocycles. The van der Waals surface area contributed by atoms with E-state index in [9.17, 15) is 23.6 Å². The van der Waals surface area contributed by atoms with Crippen molar-refractivity contribution in [3.63, 3.8) is 0 Å². The van der Waals surface area contributed by atoms with Gasteiger partial charge in [0, 0.05) is 13.1 Å². The van der Waals surface area contributed by atoms with Gasteiger partial charge in [-0.15, -0.1) is 0 Å². The van der Waals surface area contributed by atoms with Crippen LogP contribution in [0.15, 0.2) is 30.3 Å². The monoisotopic (exact) mass is 406 g/mol. The van der Waals surface area contributed by atoms with Crippen molar-refractivity contribution in [3.05, 3.63) is 35.9 Å². The average Bonchev–Trinajstić information content (AvgIpc) is 2.72. The molecule has 0 bridgehead atoms. The van der Waals surface area contributed by atoms with Crippen molar-refractivity contribution >= 4 is 18.0 Å². The van der Waals surface area contributed by atoms with Gasteiger partial charge in [0.2, 0.25) is 0 Å². The van der Waals surface area contributed by atoms with Crippen molar-refractivity contribution in [2.45, 2.75) is 57.3 Å². The summed E-state index contributed by atoms with van der Waals surface area (Å²) in [7, 11) is 1.57. The molecule has 1 aromatic rings. The van der Waals surface area contributed by atoms with Gasteiger partial charge in [0.25, 0.3) is 5.91 Å². The molecule has 1 saturated carbocycles. The topological polar surface area (TPSA) is 79.6 Å². The number of likely N-dealkylation sites (N-methyl/N-ethyl adjacent to an activating group) is 1. The van der Waals surface area contributed by atoms with Crippen LogP contribution >= 0.6 is 0 Å². The second-order valence-corrected chi connectivity index (χ2v) is 6.96. The summed E-state index contributed by atoms with van der Waals surface area (Å²) >= 11 is 0. The second-order valence-electron chi connectivity index (χ2n) is 6.96. The van der Waals surface area contributed by atoms with Crippen LogP contribution in [-0.2, 0) is 14.3 Å². The summed E-state index contributed by atoms with van der Waals surface area (Å²) in [5, 5.41) is 9.59. The number of nitriles is 1. The molecular weight excluding hydrogens is 382 g/mol. The Labute approximate surface area is 168 Å². The molecule has 1 atom stereocenters. The molecule has 1 aliphatic rings. The lowest BCUT2D eigenvalue weighted by molar-refractivity contribution is -0.157. The minimum atomic E-state index is -2.91. The van der Waals surface area contributed by atoms with Crippen molar-refractivity contribution in [2.75, 3.05) is 7.05 Å². The number of ether oxygens (including phenoxy) is 2. The number of benzene rings is 1. The van der Waals surface area contributed by atoms with Gasteiger partial charge in [-0.1, -0.05) is 31.4 Å². The zero-order valence-electron chi connectivity index (χ0n) is 16.4. The van der Waals surface area contributed by atoms with Gasteiger partial charge in [0.15, 0.2) is 6.10 Å². The summed E-state index contributed by atoms with van der Waals surface area (Å²) < 4.78 is 33.7. The summed E-state index contributed by atoms with van der Waals surface area (Å²) in [5.41, 5.74) is -0.279. The molecule has 1 aliphatic carbocycles. The van der Waals surface area contributed by atoms with Crippen LogP contribution in [-0.4, -0.2) is 42.1 Å². The van der Waals surface area contributed by atoms with Crippen LogP contribution < -0.4 is 4.74 Å². The quantitative estimate of drug-likeness (QED) is 0.507. The van der Waals surface area contributed by atoms with Crippen molar-refractivity contribution in [3.8, 4) is 11.8 Å². The minimum Gasteiger partial charge on any atom is -0.449 e. The van der Waals surface area contributed by atoms with Crippen molar-refractivity contribution in [1.82, 2.24) is 4.90 Å². The smallest absolute Gasteiger partial charge is 0.387 e. The number of nitrogens with zero attached hydrogens (tertiary/aromatic N) is 2. The molecule has 0 spiro atoms. The van der Waals surface area contributed by atoms with Crippen LogP contribution in [0.1, 0.15) is 44.6 Å². The standard InChI is InChI=1S/C21H24F2N2O4/c1-15(19(27)25(2)21(14-24)12-4-3-5-13-21)28-18(26)11-8-16-6-9-17(10-7-16)29-20(22)23/h6-11,15,20H,3-5,12-13H2,1-2H3/b11-8+/t15-/m0/s1. The van der Waals surface area contributed by atoms with Crippen LogP contribution in [0.3, 0.4) is 0 Å². The lowest BCUT2D eigenvalue weighted by Crippen LogP contribution is -2.53. The molecule has 0 radical (unpaired) electrons. The van der Waals surface area contributed by atoms with Gasteiger partial charge in [-0.3, -0.25) is 4.79 Å². The maximum absolute atomic E-state index is 12.6. The van der Waals surface area contributed by atoms with Gasteiger partial charge in [-0.05, 0) is 43.5 Å². The molecule has 29 heavy (non-hydrogen) atoms. The Kier molecular flexibility index (Phi) is 7.71. The SMILES string of the molecule is C[C@H](OC(=O)/C=C/c1ccc(OC(F)F)cc1)C(=O)N(C)C1(C#N)CCCCC1. The number of hydrogen-bond donors (Lipinski definition) is 0. The Morgan fingerprint density at radius 1 is 1.21 bits per heavy atom. The second kappa shape index (κ2) is 10.0. The van der Waals surface area contributed by atoms with E-state index < -0.39 is 30.1 Å². The van der Waals surface area contributed by atoms with Crippen LogP contribution in [0.4, 0.5) is 8.78 Å². The first-order valence-corrected chi connectivity index (χ1v) is 9.40. The Bertz CT molecular complexity index is 781. The predicted octanol–water partition coefficient (Wildman–Crippen LogP) is 3.92. The lowest BCUT2D eigenvalue weighted by atomic mass is 9.81. The highest BCUT2D eigenvalue weighted by Crippen LogP contribution is 2.32. The highest BCUT2D eigenvalue weighted by atomic mass is 19.3. The third-order valence-electron chi connectivity index (χ3n) is 5.02. The van der Waals surface area contributed by atoms with E-state index in [2.05, 4.69) is 10.8 Å². The minimum absolute atomic E-state index is 0.0103. The van der Waals surface area contributed by atoms with E-state index in [1.54, 1.807) is 7.05 Å². The third kappa shape index (κ3) is 6.01. The zero-order valence-corrected chi connectivity index (χ0v) is 16.4. The Balaban J connectivity index is 1.93. The molecule has 8 heteroatoms. The lowest BCUT2D eigenvalue weighted by Gasteiger charge is -2.39. The molecule has 1 amide bonds. The van der Waals surface area contributed by atoms with Crippen LogP contribution in [0.5, 0.6) is 5.75 Å². The highest BCUT2D eigenvalue weighted by molar-refractivity contribution is 5.90. The van der Waals surface area contributed by atoms with E-state index in [0.29, 0.717) is 18.4 Å². The molecule has 0 aliphatic heterocycles. The van der Waals surface area contributed by atoms with Gasteiger partial charge in [-0.2, -0.15) is 14.0 Å². The van der Waals surface area contributed by atoms with E-state index >= 15 is 0 Å². The summed E-state index contributed by atoms with van der Waals surface area (Å²) in [5.74, 6) is -1.14. The number of amides is 1. The molecule has 1 fully saturated rings. The number of carbonyl (C=O) groups is 2. The predicted molar refractivity (Wildman–Crippen MR) is 102 cm³/mol. The third-order valence-corrected chi connectivity index (χ3v) is 5.02. The highest BCUT2D eigenvalue weighted by Gasteiger charge is 2.40. The molecule has 0 N–H and O–H groups in total. The van der Waals surface area contributed by atoms with Crippen LogP contribution in [0.25, 0.3) is 6.08 Å². The number of halogens is 2. The van der Waals surface area contributed by atoms with E-state index in [4.69, 9.17) is 4.74 Å². The summed E-state index contributed by atoms with van der Waals surface area (Å²) in [6, 6.07) is 7.97. The maximum atomic E-state index is 12.6. The van der Waals surface area contributed by atoms with Crippen LogP contribution in [0.2, 0.25) is 0 Å². The maximum Gasteiger partial charge on any atom is 0.387 e. The van der Waals surface area contributed by atoms with Crippen molar-refractivity contribution in [1.29, 1.82) is 5.26 Å². The molecule has 2 rings (SSSR count). The van der Waals surface area contributed by atoms with Gasteiger partial charge >= 0.3 is 12.6 Å². The molecule has 0 unspecified atom stereocenters. The van der Waals surface area contributed by atoms with E-state index in [1.807, 2.05) is 0 Å². The summed E-state index contributed by atoms with van der Waals surface area (Å²) in [6.45, 7) is -1.44. The fourth-order valence-electron chi connectivity index (χ4n) is 3.33. The normalized spacial score (nSPS) is 16.8. The molecule has 6 nitrogen and oxygen atoms in total. The molecule has 0 heterocycles. The molecule has 0 saturated heterocycles. The number of alkyl halides is 2. The Morgan fingerprint density at radius 3 is 2.38 bits per heavy atom. The van der Waals surface area contributed by atoms with Crippen molar-refractivity contribution in [2.24, 2.45) is 0 Å². The largest absolute Gasteiger partial charge is 0.449 e. The fourth-order valence-corrected chi connectivity index (χ4v) is 3.33. The summed E-state index contributed by atoms with van der Waals surface area (Å²) in [4.78, 5) is 26.1. The Morgan fingerprint density at radius 2 is 1.83 bits per heavy atom. The van der Waals surface area contributed by atoms with Gasteiger partial charge < -0.3 is 14.4 Å². The average molecular weight is 406 g/mol. The van der Waals surface area contributed by atoms with Crippen molar-refractivity contribution < 1.29 is 27.8 Å². The first-order chi connectivity index (χ1) is 13.8. The first-order valence-electron chi connectivity index (χ1n) is 9.40. The van der Waals surface area contributed by atoms with E-state index in [-0.39, 0.29) is 5.75 Å². The Hall–Kier alpha value is -2.95. The number of carbonyl (C=O) groups excluding carboxylic acids is 2. The summed E-state index contributed by atoms with van der Waals surface area (Å²) in [6.07, 6.45) is 5.56. The number of esters is 1. The van der Waals surface area contributed by atoms with E-state index in [1.165, 1.54) is 42.2 Å². The first kappa shape index (κ1) is 22.3. The molecule has 1 aromatic carbocycles. The fraction of sp³-hybridized carbons (Fsp3) is 0.476. The number of rotatable bonds is 7. The number of hydrogen-bond acceptors (Lipinski definition) is 5.